The Hall–Kier alpha value is -2.48. The average molecular weight is 380 g/mol. The average Bonchev–Trinajstić information content (AvgIpc) is 3.11. The molecule has 0 radical (unpaired) electrons. The molecule has 26 heavy (non-hydrogen) atoms. The lowest BCUT2D eigenvalue weighted by Crippen LogP contribution is -2.32. The van der Waals surface area contributed by atoms with E-state index in [1.54, 1.807) is 0 Å². The van der Waals surface area contributed by atoms with Crippen molar-refractivity contribution < 1.29 is 22.0 Å². The van der Waals surface area contributed by atoms with Crippen molar-refractivity contribution in [3.8, 4) is 0 Å². The fourth-order valence-corrected chi connectivity index (χ4v) is 4.01. The molecule has 1 aliphatic carbocycles. The Bertz CT molecular complexity index is 926. The lowest BCUT2D eigenvalue weighted by Gasteiger charge is -2.13. The van der Waals surface area contributed by atoms with Gasteiger partial charge in [-0.25, -0.2) is 17.2 Å². The highest BCUT2D eigenvalue weighted by Crippen LogP contribution is 2.21. The van der Waals surface area contributed by atoms with Crippen LogP contribution in [0.1, 0.15) is 36.0 Å². The maximum Gasteiger partial charge on any atom is 0.261 e. The van der Waals surface area contributed by atoms with E-state index in [-0.39, 0.29) is 28.1 Å². The van der Waals surface area contributed by atoms with Gasteiger partial charge < -0.3 is 5.32 Å². The standard InChI is InChI=1S/C18H18F2N2O3S/c19-16-9-8-14(11-17(16)20)22-26(24,25)15-7-3-4-12(10-15)18(23)21-13-5-1-2-6-13/h3-4,7-11,13,22H,1-2,5-6H2,(H,21,23). The SMILES string of the molecule is O=C(NC1CCCC1)c1cccc(S(=O)(=O)Nc2ccc(F)c(F)c2)c1. The van der Waals surface area contributed by atoms with Crippen LogP contribution >= 0.6 is 0 Å². The summed E-state index contributed by atoms with van der Waals surface area (Å²) < 4.78 is 53.3. The van der Waals surface area contributed by atoms with Crippen molar-refractivity contribution in [2.45, 2.75) is 36.6 Å². The zero-order valence-corrected chi connectivity index (χ0v) is 14.7. The molecule has 5 nitrogen and oxygen atoms in total. The van der Waals surface area contributed by atoms with Crippen LogP contribution in [0.3, 0.4) is 0 Å². The minimum Gasteiger partial charge on any atom is -0.349 e. The minimum atomic E-state index is -4.05. The van der Waals surface area contributed by atoms with E-state index in [0.717, 1.165) is 43.9 Å². The first-order valence-corrected chi connectivity index (χ1v) is 9.72. The first kappa shape index (κ1) is 18.3. The second-order valence-corrected chi connectivity index (χ2v) is 7.90. The highest BCUT2D eigenvalue weighted by Gasteiger charge is 2.20. The van der Waals surface area contributed by atoms with Crippen LogP contribution in [-0.2, 0) is 10.0 Å². The van der Waals surface area contributed by atoms with Gasteiger partial charge in [0.15, 0.2) is 11.6 Å². The third kappa shape index (κ3) is 4.19. The van der Waals surface area contributed by atoms with E-state index in [2.05, 4.69) is 10.0 Å². The topological polar surface area (TPSA) is 75.3 Å². The number of carbonyl (C=O) groups is 1. The minimum absolute atomic E-state index is 0.107. The van der Waals surface area contributed by atoms with E-state index < -0.39 is 21.7 Å². The van der Waals surface area contributed by atoms with Crippen molar-refractivity contribution in [3.63, 3.8) is 0 Å². The van der Waals surface area contributed by atoms with E-state index in [9.17, 15) is 22.0 Å². The van der Waals surface area contributed by atoms with Crippen LogP contribution in [0, 0.1) is 11.6 Å². The Morgan fingerprint density at radius 3 is 2.42 bits per heavy atom. The smallest absolute Gasteiger partial charge is 0.261 e. The number of hydrogen-bond donors (Lipinski definition) is 2. The lowest BCUT2D eigenvalue weighted by molar-refractivity contribution is 0.0937. The van der Waals surface area contributed by atoms with Crippen LogP contribution < -0.4 is 10.0 Å². The van der Waals surface area contributed by atoms with E-state index in [1.807, 2.05) is 0 Å². The number of sulfonamides is 1. The number of rotatable bonds is 5. The van der Waals surface area contributed by atoms with Gasteiger partial charge in [-0.15, -0.1) is 0 Å². The van der Waals surface area contributed by atoms with Crippen LogP contribution in [0.15, 0.2) is 47.4 Å². The molecule has 0 heterocycles. The van der Waals surface area contributed by atoms with Gasteiger partial charge in [-0.05, 0) is 43.2 Å². The maximum absolute atomic E-state index is 13.3. The number of carbonyl (C=O) groups excluding carboxylic acids is 1. The first-order valence-electron chi connectivity index (χ1n) is 8.24. The van der Waals surface area contributed by atoms with E-state index in [0.29, 0.717) is 0 Å². The van der Waals surface area contributed by atoms with Crippen LogP contribution in [0.5, 0.6) is 0 Å². The molecule has 1 aliphatic rings. The molecule has 2 aromatic rings. The summed E-state index contributed by atoms with van der Waals surface area (Å²) in [6.45, 7) is 0. The predicted octanol–water partition coefficient (Wildman–Crippen LogP) is 3.44. The quantitative estimate of drug-likeness (QED) is 0.834. The number of hydrogen-bond acceptors (Lipinski definition) is 3. The van der Waals surface area contributed by atoms with Crippen molar-refractivity contribution in [2.75, 3.05) is 4.72 Å². The van der Waals surface area contributed by atoms with Gasteiger partial charge in [0.2, 0.25) is 0 Å². The summed E-state index contributed by atoms with van der Waals surface area (Å²) in [4.78, 5) is 12.2. The summed E-state index contributed by atoms with van der Waals surface area (Å²) in [5.74, 6) is -2.56. The number of benzene rings is 2. The molecule has 0 atom stereocenters. The van der Waals surface area contributed by atoms with Crippen molar-refractivity contribution >= 4 is 21.6 Å². The normalized spacial score (nSPS) is 15.0. The zero-order chi connectivity index (χ0) is 18.7. The molecule has 0 aliphatic heterocycles. The molecular weight excluding hydrogens is 362 g/mol. The molecule has 2 aromatic carbocycles. The number of anilines is 1. The van der Waals surface area contributed by atoms with E-state index in [4.69, 9.17) is 0 Å². The van der Waals surface area contributed by atoms with Gasteiger partial charge >= 0.3 is 0 Å². The zero-order valence-electron chi connectivity index (χ0n) is 13.8. The molecule has 0 aromatic heterocycles. The highest BCUT2D eigenvalue weighted by molar-refractivity contribution is 7.92. The van der Waals surface area contributed by atoms with Gasteiger partial charge in [0.25, 0.3) is 15.9 Å². The molecule has 0 saturated heterocycles. The van der Waals surface area contributed by atoms with Gasteiger partial charge in [-0.2, -0.15) is 0 Å². The molecule has 2 N–H and O–H groups in total. The van der Waals surface area contributed by atoms with Gasteiger partial charge in [0.05, 0.1) is 10.6 Å². The van der Waals surface area contributed by atoms with Crippen molar-refractivity contribution in [1.29, 1.82) is 0 Å². The summed E-state index contributed by atoms with van der Waals surface area (Å²) in [7, 11) is -4.05. The summed E-state index contributed by atoms with van der Waals surface area (Å²) >= 11 is 0. The van der Waals surface area contributed by atoms with Gasteiger partial charge in [0, 0.05) is 17.7 Å². The fourth-order valence-electron chi connectivity index (χ4n) is 2.92. The molecule has 0 bridgehead atoms. The molecule has 1 amide bonds. The van der Waals surface area contributed by atoms with Crippen LogP contribution in [0.4, 0.5) is 14.5 Å². The van der Waals surface area contributed by atoms with Crippen molar-refractivity contribution in [2.24, 2.45) is 0 Å². The Morgan fingerprint density at radius 2 is 1.73 bits per heavy atom. The maximum atomic E-state index is 13.3. The van der Waals surface area contributed by atoms with E-state index in [1.165, 1.54) is 24.3 Å². The summed E-state index contributed by atoms with van der Waals surface area (Å²) in [6.07, 6.45) is 3.97. The van der Waals surface area contributed by atoms with Gasteiger partial charge in [-0.1, -0.05) is 18.9 Å². The molecule has 0 unspecified atom stereocenters. The molecule has 8 heteroatoms. The molecule has 138 valence electrons. The van der Waals surface area contributed by atoms with E-state index >= 15 is 0 Å². The largest absolute Gasteiger partial charge is 0.349 e. The second-order valence-electron chi connectivity index (χ2n) is 6.22. The lowest BCUT2D eigenvalue weighted by atomic mass is 10.2. The monoisotopic (exact) mass is 380 g/mol. The summed E-state index contributed by atoms with van der Waals surface area (Å²) in [5.41, 5.74) is 0.120. The van der Waals surface area contributed by atoms with Crippen molar-refractivity contribution in [3.05, 3.63) is 59.7 Å². The third-order valence-corrected chi connectivity index (χ3v) is 5.65. The Morgan fingerprint density at radius 1 is 1.00 bits per heavy atom. The number of nitrogens with one attached hydrogen (secondary N) is 2. The Balaban J connectivity index is 1.79. The fraction of sp³-hybridized carbons (Fsp3) is 0.278. The Kier molecular flexibility index (Phi) is 5.22. The highest BCUT2D eigenvalue weighted by atomic mass is 32.2. The number of halogens is 2. The molecule has 3 rings (SSSR count). The van der Waals surface area contributed by atoms with Crippen LogP contribution in [-0.4, -0.2) is 20.4 Å². The first-order chi connectivity index (χ1) is 12.3. The molecular formula is C18H18F2N2O3S. The second kappa shape index (κ2) is 7.41. The van der Waals surface area contributed by atoms with Crippen LogP contribution in [0.2, 0.25) is 0 Å². The van der Waals surface area contributed by atoms with Crippen molar-refractivity contribution in [1.82, 2.24) is 5.32 Å². The van der Waals surface area contributed by atoms with Gasteiger partial charge in [-0.3, -0.25) is 9.52 Å². The third-order valence-electron chi connectivity index (χ3n) is 4.27. The predicted molar refractivity (Wildman–Crippen MR) is 93.3 cm³/mol. The Labute approximate surface area is 150 Å². The summed E-state index contributed by atoms with van der Waals surface area (Å²) in [6, 6.07) is 8.39. The van der Waals surface area contributed by atoms with Crippen LogP contribution in [0.25, 0.3) is 0 Å². The molecule has 1 fully saturated rings. The number of amides is 1. The molecule has 0 spiro atoms. The van der Waals surface area contributed by atoms with Gasteiger partial charge in [0.1, 0.15) is 0 Å². The summed E-state index contributed by atoms with van der Waals surface area (Å²) in [5, 5.41) is 2.89. The molecule has 1 saturated carbocycles.